The molecule has 4 nitrogen and oxygen atoms in total. The average molecular weight is 303 g/mol. The number of halogens is 1. The molecule has 0 saturated carbocycles. The smallest absolute Gasteiger partial charge is 0.0767 e. The number of rotatable bonds is 7. The van der Waals surface area contributed by atoms with Crippen molar-refractivity contribution in [2.45, 2.75) is 33.4 Å². The predicted octanol–water partition coefficient (Wildman–Crippen LogP) is 1.88. The largest absolute Gasteiger partial charge is 0.318 e. The lowest BCUT2D eigenvalue weighted by atomic mass is 10.3. The molecule has 0 aliphatic heterocycles. The summed E-state index contributed by atoms with van der Waals surface area (Å²) >= 11 is 3.67. The number of hydrogen-bond donors (Lipinski definition) is 1. The van der Waals surface area contributed by atoms with Gasteiger partial charge in [0.2, 0.25) is 0 Å². The van der Waals surface area contributed by atoms with Gasteiger partial charge < -0.3 is 5.32 Å². The SMILES string of the molecule is CCc1nn(CC)c(CN(C)CCNC)c1Br. The number of nitrogens with zero attached hydrogens (tertiary/aromatic N) is 3. The van der Waals surface area contributed by atoms with E-state index in [9.17, 15) is 0 Å². The molecule has 0 aliphatic rings. The second kappa shape index (κ2) is 7.13. The van der Waals surface area contributed by atoms with Crippen LogP contribution in [0.4, 0.5) is 0 Å². The van der Waals surface area contributed by atoms with Crippen LogP contribution >= 0.6 is 15.9 Å². The van der Waals surface area contributed by atoms with Gasteiger partial charge in [-0.3, -0.25) is 9.58 Å². The molecule has 0 amide bonds. The van der Waals surface area contributed by atoms with Crippen LogP contribution < -0.4 is 5.32 Å². The van der Waals surface area contributed by atoms with Gasteiger partial charge in [-0.25, -0.2) is 0 Å². The Morgan fingerprint density at radius 1 is 1.41 bits per heavy atom. The molecular formula is C12H23BrN4. The third kappa shape index (κ3) is 3.79. The summed E-state index contributed by atoms with van der Waals surface area (Å²) in [4.78, 5) is 2.31. The third-order valence-corrected chi connectivity index (χ3v) is 3.77. The summed E-state index contributed by atoms with van der Waals surface area (Å²) in [5, 5.41) is 7.78. The highest BCUT2D eigenvalue weighted by molar-refractivity contribution is 9.10. The van der Waals surface area contributed by atoms with E-state index in [1.165, 1.54) is 10.2 Å². The van der Waals surface area contributed by atoms with E-state index in [0.717, 1.165) is 38.3 Å². The summed E-state index contributed by atoms with van der Waals surface area (Å²) in [5.74, 6) is 0. The predicted molar refractivity (Wildman–Crippen MR) is 75.2 cm³/mol. The molecule has 1 N–H and O–H groups in total. The van der Waals surface area contributed by atoms with Crippen LogP contribution in [0.3, 0.4) is 0 Å². The molecule has 1 heterocycles. The van der Waals surface area contributed by atoms with Crippen molar-refractivity contribution >= 4 is 15.9 Å². The minimum Gasteiger partial charge on any atom is -0.318 e. The topological polar surface area (TPSA) is 33.1 Å². The zero-order valence-corrected chi connectivity index (χ0v) is 12.8. The van der Waals surface area contributed by atoms with Crippen molar-refractivity contribution in [3.63, 3.8) is 0 Å². The van der Waals surface area contributed by atoms with Crippen LogP contribution in [-0.2, 0) is 19.5 Å². The maximum absolute atomic E-state index is 4.61. The Balaban J connectivity index is 2.78. The molecule has 0 aliphatic carbocycles. The highest BCUT2D eigenvalue weighted by atomic mass is 79.9. The van der Waals surface area contributed by atoms with E-state index in [0.29, 0.717) is 0 Å². The van der Waals surface area contributed by atoms with Gasteiger partial charge in [-0.05, 0) is 43.4 Å². The molecule has 17 heavy (non-hydrogen) atoms. The lowest BCUT2D eigenvalue weighted by Crippen LogP contribution is -2.28. The molecule has 5 heteroatoms. The van der Waals surface area contributed by atoms with Crippen LogP contribution in [-0.4, -0.2) is 41.9 Å². The van der Waals surface area contributed by atoms with Gasteiger partial charge in [-0.15, -0.1) is 0 Å². The fourth-order valence-corrected chi connectivity index (χ4v) is 2.50. The molecule has 0 atom stereocenters. The van der Waals surface area contributed by atoms with Crippen LogP contribution in [0.15, 0.2) is 4.47 Å². The maximum atomic E-state index is 4.61. The quantitative estimate of drug-likeness (QED) is 0.835. The lowest BCUT2D eigenvalue weighted by molar-refractivity contribution is 0.316. The molecule has 1 aromatic heterocycles. The molecular weight excluding hydrogens is 280 g/mol. The Bertz CT molecular complexity index is 349. The van der Waals surface area contributed by atoms with Crippen molar-refractivity contribution in [2.24, 2.45) is 0 Å². The van der Waals surface area contributed by atoms with Crippen LogP contribution in [0.5, 0.6) is 0 Å². The standard InChI is InChI=1S/C12H23BrN4/c1-5-10-12(13)11(17(6-2)15-10)9-16(4)8-7-14-3/h14H,5-9H2,1-4H3. The van der Waals surface area contributed by atoms with Crippen molar-refractivity contribution in [1.29, 1.82) is 0 Å². The van der Waals surface area contributed by atoms with Gasteiger partial charge in [-0.1, -0.05) is 6.92 Å². The summed E-state index contributed by atoms with van der Waals surface area (Å²) in [7, 11) is 4.12. The zero-order chi connectivity index (χ0) is 12.8. The fourth-order valence-electron chi connectivity index (χ4n) is 1.81. The lowest BCUT2D eigenvalue weighted by Gasteiger charge is -2.17. The average Bonchev–Trinajstić information content (AvgIpc) is 2.63. The Morgan fingerprint density at radius 3 is 2.65 bits per heavy atom. The zero-order valence-electron chi connectivity index (χ0n) is 11.3. The molecule has 1 aromatic rings. The molecule has 0 saturated heterocycles. The number of aromatic nitrogens is 2. The van der Waals surface area contributed by atoms with Crippen molar-refractivity contribution < 1.29 is 0 Å². The minimum atomic E-state index is 0.924. The van der Waals surface area contributed by atoms with Crippen LogP contribution in [0.1, 0.15) is 25.2 Å². The van der Waals surface area contributed by atoms with Gasteiger partial charge in [0.1, 0.15) is 0 Å². The maximum Gasteiger partial charge on any atom is 0.0767 e. The van der Waals surface area contributed by atoms with E-state index in [1.54, 1.807) is 0 Å². The van der Waals surface area contributed by atoms with Gasteiger partial charge in [0.15, 0.2) is 0 Å². The summed E-state index contributed by atoms with van der Waals surface area (Å²) in [6, 6.07) is 0. The van der Waals surface area contributed by atoms with Crippen LogP contribution in [0.25, 0.3) is 0 Å². The van der Waals surface area contributed by atoms with Crippen molar-refractivity contribution in [3.05, 3.63) is 15.9 Å². The van der Waals surface area contributed by atoms with Crippen molar-refractivity contribution in [3.8, 4) is 0 Å². The van der Waals surface area contributed by atoms with Gasteiger partial charge in [0, 0.05) is 26.2 Å². The first-order valence-electron chi connectivity index (χ1n) is 6.21. The molecule has 0 fully saturated rings. The fraction of sp³-hybridized carbons (Fsp3) is 0.750. The number of nitrogens with one attached hydrogen (secondary N) is 1. The summed E-state index contributed by atoms with van der Waals surface area (Å²) < 4.78 is 3.27. The monoisotopic (exact) mass is 302 g/mol. The number of likely N-dealkylation sites (N-methyl/N-ethyl adjacent to an activating group) is 2. The summed E-state index contributed by atoms with van der Waals surface area (Å²) in [6.45, 7) is 8.18. The Labute approximate surface area is 113 Å². The minimum absolute atomic E-state index is 0.924. The summed E-state index contributed by atoms with van der Waals surface area (Å²) in [5.41, 5.74) is 2.44. The van der Waals surface area contributed by atoms with Gasteiger partial charge >= 0.3 is 0 Å². The Hall–Kier alpha value is -0.390. The van der Waals surface area contributed by atoms with E-state index >= 15 is 0 Å². The first-order valence-corrected chi connectivity index (χ1v) is 7.00. The Morgan fingerprint density at radius 2 is 2.12 bits per heavy atom. The normalized spacial score (nSPS) is 11.4. The highest BCUT2D eigenvalue weighted by Gasteiger charge is 2.14. The number of aryl methyl sites for hydroxylation is 2. The van der Waals surface area contributed by atoms with E-state index in [-0.39, 0.29) is 0 Å². The molecule has 0 spiro atoms. The van der Waals surface area contributed by atoms with E-state index < -0.39 is 0 Å². The van der Waals surface area contributed by atoms with Crippen LogP contribution in [0, 0.1) is 0 Å². The van der Waals surface area contributed by atoms with E-state index in [2.05, 4.69) is 56.8 Å². The first kappa shape index (κ1) is 14.7. The number of hydrogen-bond acceptors (Lipinski definition) is 3. The molecule has 0 unspecified atom stereocenters. The molecule has 1 rings (SSSR count). The molecule has 0 aromatic carbocycles. The molecule has 98 valence electrons. The third-order valence-electron chi connectivity index (χ3n) is 2.86. The molecule has 0 radical (unpaired) electrons. The van der Waals surface area contributed by atoms with Crippen molar-refractivity contribution in [1.82, 2.24) is 20.0 Å². The second-order valence-corrected chi connectivity index (χ2v) is 5.01. The Kier molecular flexibility index (Phi) is 6.16. The van der Waals surface area contributed by atoms with E-state index in [4.69, 9.17) is 0 Å². The van der Waals surface area contributed by atoms with E-state index in [1.807, 2.05) is 7.05 Å². The van der Waals surface area contributed by atoms with Crippen molar-refractivity contribution in [2.75, 3.05) is 27.2 Å². The summed E-state index contributed by atoms with van der Waals surface area (Å²) in [6.07, 6.45) is 0.973. The van der Waals surface area contributed by atoms with Gasteiger partial charge in [0.25, 0.3) is 0 Å². The first-order chi connectivity index (χ1) is 8.13. The highest BCUT2D eigenvalue weighted by Crippen LogP contribution is 2.23. The van der Waals surface area contributed by atoms with Gasteiger partial charge in [-0.2, -0.15) is 5.10 Å². The van der Waals surface area contributed by atoms with Crippen LogP contribution in [0.2, 0.25) is 0 Å². The second-order valence-electron chi connectivity index (χ2n) is 4.22. The van der Waals surface area contributed by atoms with Gasteiger partial charge in [0.05, 0.1) is 15.9 Å². The molecule has 0 bridgehead atoms.